The molecule has 0 spiro atoms. The third kappa shape index (κ3) is 4.96. The highest BCUT2D eigenvalue weighted by Crippen LogP contribution is 2.46. The van der Waals surface area contributed by atoms with Crippen molar-refractivity contribution in [3.63, 3.8) is 0 Å². The zero-order valence-electron chi connectivity index (χ0n) is 19.0. The van der Waals surface area contributed by atoms with Crippen molar-refractivity contribution in [2.75, 3.05) is 29.9 Å². The van der Waals surface area contributed by atoms with Gasteiger partial charge in [0.05, 0.1) is 0 Å². The highest BCUT2D eigenvalue weighted by Gasteiger charge is 2.32. The Kier molecular flexibility index (Phi) is 6.33. The summed E-state index contributed by atoms with van der Waals surface area (Å²) in [5.74, 6) is 0.701. The van der Waals surface area contributed by atoms with Crippen molar-refractivity contribution in [1.82, 2.24) is 14.8 Å². The molecular weight excluding hydrogens is 452 g/mol. The molecule has 1 saturated heterocycles. The average Bonchev–Trinajstić information content (AvgIpc) is 3.29. The summed E-state index contributed by atoms with van der Waals surface area (Å²) in [7, 11) is -2.47. The van der Waals surface area contributed by atoms with Gasteiger partial charge in [0, 0.05) is 61.7 Å². The Hall–Kier alpha value is -2.88. The zero-order chi connectivity index (χ0) is 23.7. The molecule has 34 heavy (non-hydrogen) atoms. The van der Waals surface area contributed by atoms with E-state index in [1.807, 2.05) is 41.4 Å². The van der Waals surface area contributed by atoms with E-state index in [2.05, 4.69) is 16.4 Å². The number of anilines is 1. The van der Waals surface area contributed by atoms with Gasteiger partial charge in [0.25, 0.3) is 0 Å². The second-order valence-electron chi connectivity index (χ2n) is 9.26. The van der Waals surface area contributed by atoms with Crippen LogP contribution in [0, 0.1) is 5.92 Å². The molecule has 0 unspecified atom stereocenters. The Balaban J connectivity index is 1.14. The summed E-state index contributed by atoms with van der Waals surface area (Å²) in [6, 6.07) is 9.67. The van der Waals surface area contributed by atoms with Gasteiger partial charge in [0.1, 0.15) is 0 Å². The van der Waals surface area contributed by atoms with E-state index < -0.39 is 10.6 Å². The lowest BCUT2D eigenvalue weighted by molar-refractivity contribution is -0.135. The van der Waals surface area contributed by atoms with Crippen LogP contribution in [0.15, 0.2) is 48.8 Å². The van der Waals surface area contributed by atoms with Crippen LogP contribution in [0.3, 0.4) is 0 Å². The van der Waals surface area contributed by atoms with Crippen LogP contribution < -0.4 is 5.32 Å². The van der Waals surface area contributed by atoms with E-state index in [4.69, 9.17) is 0 Å². The van der Waals surface area contributed by atoms with Crippen molar-refractivity contribution in [3.8, 4) is 0 Å². The van der Waals surface area contributed by atoms with E-state index in [1.54, 1.807) is 11.1 Å². The molecule has 1 fully saturated rings. The molecule has 0 aliphatic carbocycles. The van der Waals surface area contributed by atoms with Gasteiger partial charge < -0.3 is 15.1 Å². The largest absolute Gasteiger partial charge is 0.338 e. The molecule has 0 bridgehead atoms. The third-order valence-electron chi connectivity index (χ3n) is 6.98. The van der Waals surface area contributed by atoms with Crippen molar-refractivity contribution in [2.45, 2.75) is 32.4 Å². The number of hydrogen-bond donors (Lipinski definition) is 3. The van der Waals surface area contributed by atoms with Gasteiger partial charge in [-0.3, -0.25) is 18.9 Å². The highest BCUT2D eigenvalue weighted by molar-refractivity contribution is 8.24. The van der Waals surface area contributed by atoms with Crippen LogP contribution in [-0.2, 0) is 17.9 Å². The fraction of sp³-hybridized carbons (Fsp3) is 0.400. The van der Waals surface area contributed by atoms with Crippen LogP contribution in [0.25, 0.3) is 5.57 Å². The molecule has 3 amide bonds. The van der Waals surface area contributed by atoms with Crippen LogP contribution in [0.1, 0.15) is 36.0 Å². The summed E-state index contributed by atoms with van der Waals surface area (Å²) in [4.78, 5) is 33.3. The number of amides is 3. The number of benzene rings is 1. The minimum Gasteiger partial charge on any atom is -0.338 e. The minimum absolute atomic E-state index is 0.0996. The number of carbonyl (C=O) groups excluding carboxylic acids is 2. The summed E-state index contributed by atoms with van der Waals surface area (Å²) in [6.45, 7) is 2.40. The molecule has 3 aliphatic rings. The molecule has 2 aromatic rings. The first-order valence-corrected chi connectivity index (χ1v) is 13.6. The smallest absolute Gasteiger partial charge is 0.322 e. The van der Waals surface area contributed by atoms with Gasteiger partial charge in [-0.25, -0.2) is 4.79 Å². The predicted molar refractivity (Wildman–Crippen MR) is 133 cm³/mol. The lowest BCUT2D eigenvalue weighted by atomic mass is 9.96. The van der Waals surface area contributed by atoms with Gasteiger partial charge in [-0.1, -0.05) is 18.2 Å². The first kappa shape index (κ1) is 22.9. The number of hydrogen-bond acceptors (Lipinski definition) is 5. The van der Waals surface area contributed by atoms with E-state index in [1.165, 1.54) is 5.57 Å². The predicted octanol–water partition coefficient (Wildman–Crippen LogP) is 4.41. The van der Waals surface area contributed by atoms with Crippen molar-refractivity contribution in [1.29, 1.82) is 0 Å². The number of pyridine rings is 1. The summed E-state index contributed by atoms with van der Waals surface area (Å²) in [5.41, 5.74) is 5.26. The number of nitrogens with one attached hydrogen (secondary N) is 1. The summed E-state index contributed by atoms with van der Waals surface area (Å²) >= 11 is 0. The molecule has 1 aromatic heterocycles. The lowest BCUT2D eigenvalue weighted by Gasteiger charge is -2.40. The van der Waals surface area contributed by atoms with Gasteiger partial charge in [0.2, 0.25) is 5.91 Å². The highest BCUT2D eigenvalue weighted by atomic mass is 32.3. The van der Waals surface area contributed by atoms with Gasteiger partial charge >= 0.3 is 6.03 Å². The van der Waals surface area contributed by atoms with Gasteiger partial charge in [0.15, 0.2) is 0 Å². The number of fused-ring (bicyclic) bond motifs is 1. The van der Waals surface area contributed by atoms with Crippen LogP contribution >= 0.6 is 10.6 Å². The quantitative estimate of drug-likeness (QED) is 0.601. The summed E-state index contributed by atoms with van der Waals surface area (Å²) in [5, 5.41) is 2.97. The Labute approximate surface area is 201 Å². The summed E-state index contributed by atoms with van der Waals surface area (Å²) < 4.78 is 19.6. The second-order valence-corrected chi connectivity index (χ2v) is 11.7. The van der Waals surface area contributed by atoms with Crippen molar-refractivity contribution in [2.24, 2.45) is 5.92 Å². The molecule has 0 radical (unpaired) electrons. The number of aromatic nitrogens is 1. The van der Waals surface area contributed by atoms with Crippen LogP contribution in [0.4, 0.5) is 10.5 Å². The van der Waals surface area contributed by atoms with E-state index in [0.29, 0.717) is 50.5 Å². The average molecular weight is 483 g/mol. The Morgan fingerprint density at radius 3 is 2.41 bits per heavy atom. The third-order valence-corrected chi connectivity index (χ3v) is 8.76. The van der Waals surface area contributed by atoms with Crippen molar-refractivity contribution in [3.05, 3.63) is 65.5 Å². The van der Waals surface area contributed by atoms with E-state index >= 15 is 0 Å². The van der Waals surface area contributed by atoms with Gasteiger partial charge in [-0.05, 0) is 59.7 Å². The molecule has 0 saturated carbocycles. The number of carbonyl (C=O) groups is 2. The monoisotopic (exact) mass is 482 g/mol. The molecule has 1 aromatic carbocycles. The maximum Gasteiger partial charge on any atom is 0.322 e. The van der Waals surface area contributed by atoms with Gasteiger partial charge in [-0.2, -0.15) is 10.6 Å². The molecule has 5 rings (SSSR count). The van der Waals surface area contributed by atoms with E-state index in [0.717, 1.165) is 28.8 Å². The topological polar surface area (TPSA) is 106 Å². The SMILES string of the molecule is O=C(Nc1ccc(C2=CCN(C(=O)C3CCS(O)(O)CC3)CC2)cc1)N1Cc2ccncc2C1. The summed E-state index contributed by atoms with van der Waals surface area (Å²) in [6.07, 6.45) is 7.56. The van der Waals surface area contributed by atoms with Crippen LogP contribution in [0.2, 0.25) is 0 Å². The molecule has 9 heteroatoms. The zero-order valence-corrected chi connectivity index (χ0v) is 19.8. The Morgan fingerprint density at radius 1 is 1.00 bits per heavy atom. The number of rotatable bonds is 3. The first-order chi connectivity index (χ1) is 16.4. The fourth-order valence-electron chi connectivity index (χ4n) is 4.88. The normalized spacial score (nSPS) is 20.9. The number of nitrogens with zero attached hydrogens (tertiary/aromatic N) is 3. The molecule has 3 N–H and O–H groups in total. The molecule has 180 valence electrons. The first-order valence-electron chi connectivity index (χ1n) is 11.7. The van der Waals surface area contributed by atoms with E-state index in [-0.39, 0.29) is 17.9 Å². The molecule has 8 nitrogen and oxygen atoms in total. The Bertz CT molecular complexity index is 1080. The van der Waals surface area contributed by atoms with Crippen molar-refractivity contribution < 1.29 is 18.7 Å². The van der Waals surface area contributed by atoms with Crippen molar-refractivity contribution >= 4 is 33.8 Å². The second kappa shape index (κ2) is 9.40. The number of urea groups is 1. The van der Waals surface area contributed by atoms with E-state index in [9.17, 15) is 18.7 Å². The lowest BCUT2D eigenvalue weighted by Crippen LogP contribution is -2.41. The molecule has 4 heterocycles. The van der Waals surface area contributed by atoms with Crippen LogP contribution in [0.5, 0.6) is 0 Å². The fourth-order valence-corrected chi connectivity index (χ4v) is 6.41. The maximum absolute atomic E-state index is 12.8. The standard InChI is InChI=1S/C25H30N4O4S/c30-24(20-8-13-34(32,33)14-9-20)28-11-6-19(7-12-28)18-1-3-23(4-2-18)27-25(31)29-16-21-5-10-26-15-22(21)17-29/h1-6,10,15,20,32-33H,7-9,11-14,16-17H2,(H,27,31). The Morgan fingerprint density at radius 2 is 1.74 bits per heavy atom. The van der Waals surface area contributed by atoms with Crippen LogP contribution in [-0.4, -0.2) is 60.4 Å². The molecule has 3 aliphatic heterocycles. The minimum atomic E-state index is -2.47. The molecular formula is C25H30N4O4S. The maximum atomic E-state index is 12.8. The van der Waals surface area contributed by atoms with Gasteiger partial charge in [-0.15, -0.1) is 0 Å². The molecule has 0 atom stereocenters.